The van der Waals surface area contributed by atoms with E-state index in [1.807, 2.05) is 0 Å². The van der Waals surface area contributed by atoms with Gasteiger partial charge in [-0.2, -0.15) is 0 Å². The van der Waals surface area contributed by atoms with Crippen molar-refractivity contribution in [3.05, 3.63) is 24.4 Å². The van der Waals surface area contributed by atoms with Gasteiger partial charge >= 0.3 is 0 Å². The van der Waals surface area contributed by atoms with Gasteiger partial charge in [-0.25, -0.2) is 9.97 Å². The van der Waals surface area contributed by atoms with Crippen molar-refractivity contribution >= 4 is 16.8 Å². The number of carbonyl (C=O) groups excluding carboxylic acids is 1. The zero-order valence-electron chi connectivity index (χ0n) is 6.11. The van der Waals surface area contributed by atoms with Crippen LogP contribution in [0.1, 0.15) is 10.5 Å². The Labute approximate surface area is 67.6 Å². The van der Waals surface area contributed by atoms with Gasteiger partial charge in [0.1, 0.15) is 12.0 Å². The van der Waals surface area contributed by atoms with Gasteiger partial charge in [0, 0.05) is 17.8 Å². The van der Waals surface area contributed by atoms with Gasteiger partial charge in [0.05, 0.1) is 5.52 Å². The summed E-state index contributed by atoms with van der Waals surface area (Å²) in [4.78, 5) is 21.4. The zero-order valence-corrected chi connectivity index (χ0v) is 6.11. The van der Waals surface area contributed by atoms with E-state index >= 15 is 0 Å². The third kappa shape index (κ3) is 0.833. The fourth-order valence-electron chi connectivity index (χ4n) is 1.07. The second-order valence-corrected chi connectivity index (χ2v) is 2.34. The highest BCUT2D eigenvalue weighted by molar-refractivity contribution is 6.03. The fraction of sp³-hybridized carbons (Fsp3) is 0. The average Bonchev–Trinajstić information content (AvgIpc) is 2.49. The summed E-state index contributed by atoms with van der Waals surface area (Å²) in [5.41, 5.74) is 6.04. The van der Waals surface area contributed by atoms with E-state index in [0.29, 0.717) is 10.9 Å². The number of aromatic amines is 1. The number of hydrogen-bond acceptors (Lipinski definition) is 3. The molecule has 2 rings (SSSR count). The predicted octanol–water partition coefficient (Wildman–Crippen LogP) is 0.0568. The molecule has 0 saturated carbocycles. The lowest BCUT2D eigenvalue weighted by atomic mass is 10.3. The lowest BCUT2D eigenvalue weighted by Crippen LogP contribution is -2.13. The first kappa shape index (κ1) is 6.78. The van der Waals surface area contributed by atoms with Gasteiger partial charge in [-0.05, 0) is 0 Å². The van der Waals surface area contributed by atoms with Gasteiger partial charge in [0.2, 0.25) is 0 Å². The molecule has 5 heteroatoms. The van der Waals surface area contributed by atoms with Crippen LogP contribution in [0.25, 0.3) is 10.9 Å². The topological polar surface area (TPSA) is 84.7 Å². The molecule has 0 bridgehead atoms. The number of amides is 1. The summed E-state index contributed by atoms with van der Waals surface area (Å²) in [7, 11) is 0. The van der Waals surface area contributed by atoms with Gasteiger partial charge in [-0.15, -0.1) is 0 Å². The maximum Gasteiger partial charge on any atom is 0.268 e. The van der Waals surface area contributed by atoms with Gasteiger partial charge < -0.3 is 10.7 Å². The molecule has 0 aromatic carbocycles. The number of primary amides is 1. The van der Waals surface area contributed by atoms with Crippen LogP contribution >= 0.6 is 0 Å². The van der Waals surface area contributed by atoms with Gasteiger partial charge in [-0.1, -0.05) is 0 Å². The van der Waals surface area contributed by atoms with E-state index in [1.54, 1.807) is 12.4 Å². The summed E-state index contributed by atoms with van der Waals surface area (Å²) in [6.45, 7) is 0. The molecule has 0 fully saturated rings. The molecule has 60 valence electrons. The van der Waals surface area contributed by atoms with E-state index in [1.165, 1.54) is 6.33 Å². The monoisotopic (exact) mass is 162 g/mol. The number of fused-ring (bicyclic) bond motifs is 1. The van der Waals surface area contributed by atoms with Crippen LogP contribution in [-0.4, -0.2) is 20.9 Å². The highest BCUT2D eigenvalue weighted by Gasteiger charge is 2.08. The van der Waals surface area contributed by atoms with Crippen LogP contribution in [0.5, 0.6) is 0 Å². The van der Waals surface area contributed by atoms with Crippen molar-refractivity contribution in [2.75, 3.05) is 0 Å². The lowest BCUT2D eigenvalue weighted by molar-refractivity contribution is 0.0997. The molecule has 0 unspecified atom stereocenters. The molecule has 2 aromatic heterocycles. The van der Waals surface area contributed by atoms with Crippen molar-refractivity contribution in [3.8, 4) is 0 Å². The summed E-state index contributed by atoms with van der Waals surface area (Å²) in [6, 6.07) is 0. The molecule has 2 aromatic rings. The number of nitrogens with one attached hydrogen (secondary N) is 1. The summed E-state index contributed by atoms with van der Waals surface area (Å²) in [6.07, 6.45) is 4.65. The number of carbonyl (C=O) groups is 1. The van der Waals surface area contributed by atoms with Crippen molar-refractivity contribution in [2.45, 2.75) is 0 Å². The standard InChI is InChI=1S/C7H6N4O/c8-7(12)6-4-1-9-2-5(4)10-3-11-6/h1-3,9H,(H2,8,12). The SMILES string of the molecule is NC(=O)c1ncnc2c[nH]cc12. The molecule has 2 heterocycles. The lowest BCUT2D eigenvalue weighted by Gasteiger charge is -1.93. The molecule has 1 amide bonds. The largest absolute Gasteiger partial charge is 0.365 e. The van der Waals surface area contributed by atoms with E-state index in [0.717, 1.165) is 0 Å². The van der Waals surface area contributed by atoms with Crippen LogP contribution < -0.4 is 5.73 Å². The molecule has 12 heavy (non-hydrogen) atoms. The van der Waals surface area contributed by atoms with Crippen LogP contribution in [0.15, 0.2) is 18.7 Å². The summed E-state index contributed by atoms with van der Waals surface area (Å²) in [5, 5.41) is 0.657. The Morgan fingerprint density at radius 2 is 2.25 bits per heavy atom. The molecule has 0 saturated heterocycles. The Morgan fingerprint density at radius 3 is 3.00 bits per heavy atom. The average molecular weight is 162 g/mol. The van der Waals surface area contributed by atoms with Gasteiger partial charge in [0.15, 0.2) is 0 Å². The highest BCUT2D eigenvalue weighted by atomic mass is 16.1. The molecule has 0 aliphatic heterocycles. The van der Waals surface area contributed by atoms with Crippen LogP contribution in [0.3, 0.4) is 0 Å². The third-order valence-corrected chi connectivity index (χ3v) is 1.60. The molecule has 0 spiro atoms. The minimum absolute atomic E-state index is 0.251. The van der Waals surface area contributed by atoms with E-state index < -0.39 is 5.91 Å². The molecule has 0 radical (unpaired) electrons. The fourth-order valence-corrected chi connectivity index (χ4v) is 1.07. The first-order chi connectivity index (χ1) is 5.79. The van der Waals surface area contributed by atoms with Crippen LogP contribution in [0, 0.1) is 0 Å². The van der Waals surface area contributed by atoms with Crippen molar-refractivity contribution in [3.63, 3.8) is 0 Å². The molecule has 0 aliphatic rings. The Hall–Kier alpha value is -1.91. The predicted molar refractivity (Wildman–Crippen MR) is 42.4 cm³/mol. The summed E-state index contributed by atoms with van der Waals surface area (Å²) in [5.74, 6) is -0.540. The van der Waals surface area contributed by atoms with E-state index in [9.17, 15) is 4.79 Å². The van der Waals surface area contributed by atoms with Gasteiger partial charge in [-0.3, -0.25) is 4.79 Å². The number of nitrogens with two attached hydrogens (primary N) is 1. The van der Waals surface area contributed by atoms with E-state index in [2.05, 4.69) is 15.0 Å². The smallest absolute Gasteiger partial charge is 0.268 e. The molecule has 0 atom stereocenters. The van der Waals surface area contributed by atoms with E-state index in [4.69, 9.17) is 5.73 Å². The molecular formula is C7H6N4O. The van der Waals surface area contributed by atoms with Gasteiger partial charge in [0.25, 0.3) is 5.91 Å². The number of hydrogen-bond donors (Lipinski definition) is 2. The molecule has 5 nitrogen and oxygen atoms in total. The summed E-state index contributed by atoms with van der Waals surface area (Å²) >= 11 is 0. The Kier molecular flexibility index (Phi) is 1.30. The first-order valence-electron chi connectivity index (χ1n) is 3.36. The number of aromatic nitrogens is 3. The van der Waals surface area contributed by atoms with Crippen molar-refractivity contribution < 1.29 is 4.79 Å². The van der Waals surface area contributed by atoms with Crippen molar-refractivity contribution in [1.29, 1.82) is 0 Å². The highest BCUT2D eigenvalue weighted by Crippen LogP contribution is 2.11. The van der Waals surface area contributed by atoms with Crippen molar-refractivity contribution in [1.82, 2.24) is 15.0 Å². The minimum Gasteiger partial charge on any atom is -0.365 e. The minimum atomic E-state index is -0.540. The Balaban J connectivity index is 2.82. The zero-order chi connectivity index (χ0) is 8.55. The Bertz CT molecular complexity index is 434. The third-order valence-electron chi connectivity index (χ3n) is 1.60. The Morgan fingerprint density at radius 1 is 1.42 bits per heavy atom. The molecular weight excluding hydrogens is 156 g/mol. The second kappa shape index (κ2) is 2.30. The van der Waals surface area contributed by atoms with Crippen LogP contribution in [0.2, 0.25) is 0 Å². The number of rotatable bonds is 1. The summed E-state index contributed by atoms with van der Waals surface area (Å²) < 4.78 is 0. The second-order valence-electron chi connectivity index (χ2n) is 2.34. The molecule has 3 N–H and O–H groups in total. The molecule has 0 aliphatic carbocycles. The number of nitrogens with zero attached hydrogens (tertiary/aromatic N) is 2. The normalized spacial score (nSPS) is 10.3. The van der Waals surface area contributed by atoms with Crippen molar-refractivity contribution in [2.24, 2.45) is 5.73 Å². The quantitative estimate of drug-likeness (QED) is 0.621. The van der Waals surface area contributed by atoms with Crippen LogP contribution in [-0.2, 0) is 0 Å². The van der Waals surface area contributed by atoms with E-state index in [-0.39, 0.29) is 5.69 Å². The maximum atomic E-state index is 10.8. The first-order valence-corrected chi connectivity index (χ1v) is 3.36. The van der Waals surface area contributed by atoms with Crippen LogP contribution in [0.4, 0.5) is 0 Å². The maximum absolute atomic E-state index is 10.8. The number of H-pyrrole nitrogens is 1.